The summed E-state index contributed by atoms with van der Waals surface area (Å²) in [5.74, 6) is 0.818. The zero-order chi connectivity index (χ0) is 9.10. The zero-order valence-electron chi connectivity index (χ0n) is 8.13. The van der Waals surface area contributed by atoms with E-state index in [-0.39, 0.29) is 0 Å². The molecule has 0 N–H and O–H groups in total. The van der Waals surface area contributed by atoms with Crippen LogP contribution in [0.2, 0.25) is 0 Å². The van der Waals surface area contributed by atoms with E-state index in [9.17, 15) is 4.79 Å². The maximum absolute atomic E-state index is 11.5. The maximum atomic E-state index is 11.5. The highest BCUT2D eigenvalue weighted by molar-refractivity contribution is 5.81. The molecule has 0 bridgehead atoms. The molecule has 2 fully saturated rings. The van der Waals surface area contributed by atoms with Crippen molar-refractivity contribution in [3.05, 3.63) is 0 Å². The smallest absolute Gasteiger partial charge is 0.136 e. The highest BCUT2D eigenvalue weighted by Crippen LogP contribution is 2.28. The van der Waals surface area contributed by atoms with Crippen LogP contribution < -0.4 is 0 Å². The molecule has 1 saturated carbocycles. The summed E-state index contributed by atoms with van der Waals surface area (Å²) >= 11 is 0. The van der Waals surface area contributed by atoms with Crippen LogP contribution in [0.1, 0.15) is 44.9 Å². The first-order chi connectivity index (χ1) is 6.36. The largest absolute Gasteiger partial charge is 0.378 e. The van der Waals surface area contributed by atoms with Gasteiger partial charge < -0.3 is 4.74 Å². The topological polar surface area (TPSA) is 26.3 Å². The minimum Gasteiger partial charge on any atom is -0.378 e. The van der Waals surface area contributed by atoms with E-state index in [4.69, 9.17) is 4.74 Å². The molecule has 2 aliphatic rings. The minimum absolute atomic E-state index is 0.330. The van der Waals surface area contributed by atoms with Crippen LogP contribution in [0.25, 0.3) is 0 Å². The van der Waals surface area contributed by atoms with Crippen molar-refractivity contribution >= 4 is 5.78 Å². The molecule has 2 atom stereocenters. The summed E-state index contributed by atoms with van der Waals surface area (Å²) in [4.78, 5) is 11.5. The molecule has 2 nitrogen and oxygen atoms in total. The predicted octanol–water partition coefficient (Wildman–Crippen LogP) is 2.31. The molecule has 13 heavy (non-hydrogen) atoms. The van der Waals surface area contributed by atoms with Gasteiger partial charge in [0.25, 0.3) is 0 Å². The van der Waals surface area contributed by atoms with E-state index < -0.39 is 0 Å². The lowest BCUT2D eigenvalue weighted by atomic mass is 9.84. The average Bonchev–Trinajstić information content (AvgIpc) is 2.61. The lowest BCUT2D eigenvalue weighted by Crippen LogP contribution is -2.23. The summed E-state index contributed by atoms with van der Waals surface area (Å²) in [6, 6.07) is 0. The van der Waals surface area contributed by atoms with E-state index in [2.05, 4.69) is 0 Å². The summed E-state index contributed by atoms with van der Waals surface area (Å²) in [5, 5.41) is 0. The Morgan fingerprint density at radius 1 is 1.23 bits per heavy atom. The summed E-state index contributed by atoms with van der Waals surface area (Å²) in [5.41, 5.74) is 0. The van der Waals surface area contributed by atoms with Gasteiger partial charge in [0.1, 0.15) is 5.78 Å². The minimum atomic E-state index is 0.330. The Bertz CT molecular complexity index is 183. The SMILES string of the molecule is O=C1CCCCC1CC1CCCO1. The molecule has 0 aromatic heterocycles. The van der Waals surface area contributed by atoms with Gasteiger partial charge >= 0.3 is 0 Å². The highest BCUT2D eigenvalue weighted by Gasteiger charge is 2.27. The summed E-state index contributed by atoms with van der Waals surface area (Å²) in [6.07, 6.45) is 8.03. The van der Waals surface area contributed by atoms with Gasteiger partial charge in [-0.1, -0.05) is 6.42 Å². The first-order valence-electron chi connectivity index (χ1n) is 5.50. The van der Waals surface area contributed by atoms with Crippen molar-refractivity contribution < 1.29 is 9.53 Å². The Hall–Kier alpha value is -0.370. The van der Waals surface area contributed by atoms with Crippen LogP contribution in [-0.2, 0) is 9.53 Å². The number of ketones is 1. The second kappa shape index (κ2) is 4.23. The lowest BCUT2D eigenvalue weighted by Gasteiger charge is -2.22. The summed E-state index contributed by atoms with van der Waals surface area (Å²) in [6.45, 7) is 0.908. The fourth-order valence-corrected chi connectivity index (χ4v) is 2.45. The second-order valence-corrected chi connectivity index (χ2v) is 4.28. The third-order valence-corrected chi connectivity index (χ3v) is 3.25. The van der Waals surface area contributed by atoms with Crippen LogP contribution in [0.5, 0.6) is 0 Å². The molecule has 1 aliphatic carbocycles. The van der Waals surface area contributed by atoms with Gasteiger partial charge in [0.15, 0.2) is 0 Å². The molecule has 1 aliphatic heterocycles. The van der Waals surface area contributed by atoms with E-state index in [0.717, 1.165) is 32.3 Å². The van der Waals surface area contributed by atoms with Gasteiger partial charge in [-0.25, -0.2) is 0 Å². The monoisotopic (exact) mass is 182 g/mol. The predicted molar refractivity (Wildman–Crippen MR) is 50.6 cm³/mol. The Balaban J connectivity index is 1.81. The second-order valence-electron chi connectivity index (χ2n) is 4.28. The van der Waals surface area contributed by atoms with Gasteiger partial charge in [-0.2, -0.15) is 0 Å². The third-order valence-electron chi connectivity index (χ3n) is 3.25. The number of carbonyl (C=O) groups is 1. The Kier molecular flexibility index (Phi) is 2.99. The van der Waals surface area contributed by atoms with E-state index in [1.807, 2.05) is 0 Å². The maximum Gasteiger partial charge on any atom is 0.136 e. The van der Waals surface area contributed by atoms with Crippen molar-refractivity contribution in [1.82, 2.24) is 0 Å². The van der Waals surface area contributed by atoms with Gasteiger partial charge in [-0.3, -0.25) is 4.79 Å². The molecule has 0 aromatic carbocycles. The van der Waals surface area contributed by atoms with Crippen LogP contribution in [0, 0.1) is 5.92 Å². The number of rotatable bonds is 2. The lowest BCUT2D eigenvalue weighted by molar-refractivity contribution is -0.125. The van der Waals surface area contributed by atoms with Gasteiger partial charge in [-0.15, -0.1) is 0 Å². The molecule has 0 spiro atoms. The Labute approximate surface area is 79.7 Å². The van der Waals surface area contributed by atoms with Crippen LogP contribution in [0.3, 0.4) is 0 Å². The first-order valence-corrected chi connectivity index (χ1v) is 5.50. The molecule has 1 heterocycles. The number of carbonyl (C=O) groups excluding carboxylic acids is 1. The Morgan fingerprint density at radius 3 is 2.85 bits per heavy atom. The first kappa shape index (κ1) is 9.20. The van der Waals surface area contributed by atoms with Crippen molar-refractivity contribution in [3.8, 4) is 0 Å². The quantitative estimate of drug-likeness (QED) is 0.655. The van der Waals surface area contributed by atoms with Crippen LogP contribution in [-0.4, -0.2) is 18.5 Å². The molecule has 2 heteroatoms. The molecule has 2 unspecified atom stereocenters. The van der Waals surface area contributed by atoms with Crippen molar-refractivity contribution in [3.63, 3.8) is 0 Å². The average molecular weight is 182 g/mol. The fourth-order valence-electron chi connectivity index (χ4n) is 2.45. The number of hydrogen-bond acceptors (Lipinski definition) is 2. The standard InChI is InChI=1S/C11H18O2/c12-11-6-2-1-4-9(11)8-10-5-3-7-13-10/h9-10H,1-8H2. The van der Waals surface area contributed by atoms with Gasteiger partial charge in [0, 0.05) is 18.9 Å². The van der Waals surface area contributed by atoms with Gasteiger partial charge in [0.05, 0.1) is 6.10 Å². The van der Waals surface area contributed by atoms with Crippen molar-refractivity contribution in [2.75, 3.05) is 6.61 Å². The Morgan fingerprint density at radius 2 is 2.15 bits per heavy atom. The molecule has 1 saturated heterocycles. The molecule has 0 amide bonds. The van der Waals surface area contributed by atoms with Gasteiger partial charge in [-0.05, 0) is 32.1 Å². The van der Waals surface area contributed by atoms with E-state index in [1.165, 1.54) is 19.3 Å². The normalized spacial score (nSPS) is 35.2. The third kappa shape index (κ3) is 2.31. The summed E-state index contributed by atoms with van der Waals surface area (Å²) < 4.78 is 5.55. The molecule has 0 aromatic rings. The number of ether oxygens (including phenoxy) is 1. The van der Waals surface area contributed by atoms with Crippen LogP contribution in [0.15, 0.2) is 0 Å². The highest BCUT2D eigenvalue weighted by atomic mass is 16.5. The van der Waals surface area contributed by atoms with Crippen molar-refractivity contribution in [2.45, 2.75) is 51.0 Å². The number of Topliss-reactive ketones (excluding diaryl/α,β-unsaturated/α-hetero) is 1. The fraction of sp³-hybridized carbons (Fsp3) is 0.909. The van der Waals surface area contributed by atoms with Crippen LogP contribution >= 0.6 is 0 Å². The van der Waals surface area contributed by atoms with Crippen molar-refractivity contribution in [1.29, 1.82) is 0 Å². The molecule has 2 rings (SSSR count). The molecule has 0 radical (unpaired) electrons. The number of hydrogen-bond donors (Lipinski definition) is 0. The van der Waals surface area contributed by atoms with E-state index in [0.29, 0.717) is 17.8 Å². The molecular weight excluding hydrogens is 164 g/mol. The van der Waals surface area contributed by atoms with Gasteiger partial charge in [0.2, 0.25) is 0 Å². The van der Waals surface area contributed by atoms with E-state index in [1.54, 1.807) is 0 Å². The molecular formula is C11H18O2. The molecule has 74 valence electrons. The zero-order valence-corrected chi connectivity index (χ0v) is 8.13. The van der Waals surface area contributed by atoms with Crippen molar-refractivity contribution in [2.24, 2.45) is 5.92 Å². The summed E-state index contributed by atoms with van der Waals surface area (Å²) in [7, 11) is 0. The van der Waals surface area contributed by atoms with Crippen LogP contribution in [0.4, 0.5) is 0 Å². The van der Waals surface area contributed by atoms with E-state index >= 15 is 0 Å².